The molecule has 9 heteroatoms. The van der Waals surface area contributed by atoms with E-state index in [0.29, 0.717) is 11.8 Å². The van der Waals surface area contributed by atoms with Crippen molar-refractivity contribution in [2.75, 3.05) is 6.61 Å². The largest absolute Gasteiger partial charge is 0.506 e. The maximum atomic E-state index is 10.3. The van der Waals surface area contributed by atoms with Crippen molar-refractivity contribution in [2.24, 2.45) is 17.8 Å². The average molecular weight is 380 g/mol. The van der Waals surface area contributed by atoms with Crippen molar-refractivity contribution in [3.05, 3.63) is 0 Å². The van der Waals surface area contributed by atoms with Gasteiger partial charge in [0, 0.05) is 0 Å². The summed E-state index contributed by atoms with van der Waals surface area (Å²) in [5.74, 6) is 1.95. The molecule has 1 rings (SSSR count). The van der Waals surface area contributed by atoms with Crippen LogP contribution in [0.1, 0.15) is 40.0 Å². The minimum absolute atomic E-state index is 0.0289. The van der Waals surface area contributed by atoms with E-state index in [1.54, 1.807) is 0 Å². The van der Waals surface area contributed by atoms with Gasteiger partial charge in [-0.2, -0.15) is 0 Å². The smallest absolute Gasteiger partial charge is 0.450 e. The molecule has 0 spiro atoms. The lowest BCUT2D eigenvalue weighted by molar-refractivity contribution is -0.139. The quantitative estimate of drug-likeness (QED) is 0.258. The second-order valence-corrected chi connectivity index (χ2v) is 7.11. The second kappa shape index (κ2) is 12.2. The van der Waals surface area contributed by atoms with E-state index in [9.17, 15) is 19.8 Å². The molecular weight excluding hydrogens is 348 g/mol. The van der Waals surface area contributed by atoms with Crippen molar-refractivity contribution in [1.82, 2.24) is 0 Å². The van der Waals surface area contributed by atoms with Crippen molar-refractivity contribution in [1.29, 1.82) is 0 Å². The molecular formula is C17H32O9. The monoisotopic (exact) mass is 380 g/mol. The summed E-state index contributed by atoms with van der Waals surface area (Å²) in [6, 6.07) is 0. The number of carbonyl (C=O) groups is 2. The molecule has 154 valence electrons. The fraction of sp³-hybridized carbons (Fsp3) is 0.882. The van der Waals surface area contributed by atoms with Crippen LogP contribution in [0.2, 0.25) is 0 Å². The molecule has 1 saturated carbocycles. The molecule has 1 fully saturated rings. The first-order chi connectivity index (χ1) is 12.0. The maximum absolute atomic E-state index is 10.3. The van der Waals surface area contributed by atoms with Crippen LogP contribution in [0.5, 0.6) is 0 Å². The van der Waals surface area contributed by atoms with E-state index in [4.69, 9.17) is 20.4 Å². The fourth-order valence-electron chi connectivity index (χ4n) is 2.98. The van der Waals surface area contributed by atoms with Gasteiger partial charge in [-0.1, -0.05) is 27.2 Å². The Morgan fingerprint density at radius 2 is 1.77 bits per heavy atom. The molecule has 0 aromatic carbocycles. The van der Waals surface area contributed by atoms with Gasteiger partial charge in [0.1, 0.15) is 18.3 Å². The van der Waals surface area contributed by atoms with Crippen molar-refractivity contribution < 1.29 is 45.0 Å². The van der Waals surface area contributed by atoms with Gasteiger partial charge in [-0.25, -0.2) is 4.79 Å². The van der Waals surface area contributed by atoms with Gasteiger partial charge in [-0.3, -0.25) is 4.79 Å². The van der Waals surface area contributed by atoms with Crippen molar-refractivity contribution >= 4 is 12.4 Å². The number of hydrogen-bond acceptors (Lipinski definition) is 8. The number of aldehydes is 1. The predicted molar refractivity (Wildman–Crippen MR) is 91.4 cm³/mol. The fourth-order valence-corrected chi connectivity index (χ4v) is 2.98. The molecule has 7 atom stereocenters. The van der Waals surface area contributed by atoms with Gasteiger partial charge in [0.25, 0.3) is 0 Å². The van der Waals surface area contributed by atoms with E-state index >= 15 is 0 Å². The van der Waals surface area contributed by atoms with Gasteiger partial charge in [0.05, 0.1) is 12.7 Å². The highest BCUT2D eigenvalue weighted by Gasteiger charge is 2.33. The summed E-state index contributed by atoms with van der Waals surface area (Å²) in [5.41, 5.74) is 0. The van der Waals surface area contributed by atoms with Crippen LogP contribution in [-0.4, -0.2) is 80.2 Å². The highest BCUT2D eigenvalue weighted by atomic mass is 16.7. The molecule has 0 bridgehead atoms. The highest BCUT2D eigenvalue weighted by molar-refractivity contribution is 5.65. The predicted octanol–water partition coefficient (Wildman–Crippen LogP) is -0.237. The lowest BCUT2D eigenvalue weighted by atomic mass is 9.75. The summed E-state index contributed by atoms with van der Waals surface area (Å²) in [5, 5.41) is 53.5. The molecule has 0 amide bonds. The summed E-state index contributed by atoms with van der Waals surface area (Å²) < 4.78 is 3.92. The first kappa shape index (κ1) is 24.7. The molecule has 0 aromatic rings. The third-order valence-corrected chi connectivity index (χ3v) is 4.63. The van der Waals surface area contributed by atoms with Gasteiger partial charge in [-0.05, 0) is 30.6 Å². The maximum Gasteiger partial charge on any atom is 0.506 e. The van der Waals surface area contributed by atoms with Crippen LogP contribution < -0.4 is 0 Å². The Labute approximate surface area is 153 Å². The molecule has 6 N–H and O–H groups in total. The summed E-state index contributed by atoms with van der Waals surface area (Å²) in [6.07, 6.45) is -5.67. The summed E-state index contributed by atoms with van der Waals surface area (Å²) in [4.78, 5) is 20.3. The average Bonchev–Trinajstić information content (AvgIpc) is 2.57. The first-order valence-corrected chi connectivity index (χ1v) is 8.73. The van der Waals surface area contributed by atoms with Gasteiger partial charge in [0.2, 0.25) is 0 Å². The number of hydrogen-bond donors (Lipinski definition) is 6. The lowest BCUT2D eigenvalue weighted by Crippen LogP contribution is -2.47. The molecule has 0 radical (unpaired) electrons. The van der Waals surface area contributed by atoms with Gasteiger partial charge in [-0.15, -0.1) is 0 Å². The minimum atomic E-state index is -1.94. The molecule has 26 heavy (non-hydrogen) atoms. The standard InChI is InChI=1S/C10H20O.C7H12O8/c1-7(2)9-5-4-8(3)6-10(9)11;8-1-3(10)5(11)6(12)4(2-9)15-7(13)14/h7-11H,4-6H2,1-3H3;2-6,8,10-12H,1H2,(H,13,14)/t;3-,4+,5-,6-/m.1/s1. The number of aliphatic hydroxyl groups excluding tert-OH is 5. The summed E-state index contributed by atoms with van der Waals surface area (Å²) in [7, 11) is 0. The van der Waals surface area contributed by atoms with Crippen LogP contribution in [-0.2, 0) is 9.53 Å². The Morgan fingerprint density at radius 3 is 2.15 bits per heavy atom. The van der Waals surface area contributed by atoms with E-state index in [-0.39, 0.29) is 12.4 Å². The lowest BCUT2D eigenvalue weighted by Gasteiger charge is -2.33. The molecule has 1 aliphatic rings. The Kier molecular flexibility index (Phi) is 11.6. The van der Waals surface area contributed by atoms with Gasteiger partial charge >= 0.3 is 6.16 Å². The Bertz CT molecular complexity index is 415. The van der Waals surface area contributed by atoms with E-state index in [0.717, 1.165) is 12.3 Å². The molecule has 0 aromatic heterocycles. The SMILES string of the molecule is CC1CCC(C(C)C)C(O)C1.O=C[C@H](OC(=O)O)[C@@H](O)[C@H](O)[C@H](O)CO. The molecule has 0 aliphatic heterocycles. The third-order valence-electron chi connectivity index (χ3n) is 4.63. The number of carbonyl (C=O) groups excluding carboxylic acids is 1. The molecule has 9 nitrogen and oxygen atoms in total. The van der Waals surface area contributed by atoms with E-state index in [2.05, 4.69) is 25.5 Å². The molecule has 0 saturated heterocycles. The van der Waals surface area contributed by atoms with E-state index in [1.165, 1.54) is 12.8 Å². The normalized spacial score (nSPS) is 27.5. The summed E-state index contributed by atoms with van der Waals surface area (Å²) >= 11 is 0. The zero-order valence-corrected chi connectivity index (χ0v) is 15.4. The van der Waals surface area contributed by atoms with Crippen LogP contribution in [0.4, 0.5) is 4.79 Å². The van der Waals surface area contributed by atoms with Crippen LogP contribution in [0.3, 0.4) is 0 Å². The number of aliphatic hydroxyl groups is 5. The van der Waals surface area contributed by atoms with E-state index in [1.807, 2.05) is 0 Å². The number of carboxylic acid groups (broad SMARTS) is 1. The highest BCUT2D eigenvalue weighted by Crippen LogP contribution is 2.33. The Hall–Kier alpha value is -1.26. The molecule has 1 aliphatic carbocycles. The number of rotatable bonds is 7. The van der Waals surface area contributed by atoms with Gasteiger partial charge < -0.3 is 35.4 Å². The second-order valence-electron chi connectivity index (χ2n) is 7.11. The Balaban J connectivity index is 0.000000502. The van der Waals surface area contributed by atoms with Gasteiger partial charge in [0.15, 0.2) is 12.4 Å². The minimum Gasteiger partial charge on any atom is -0.450 e. The topological polar surface area (TPSA) is 165 Å². The van der Waals surface area contributed by atoms with Crippen molar-refractivity contribution in [2.45, 2.75) is 70.6 Å². The van der Waals surface area contributed by atoms with Crippen molar-refractivity contribution in [3.8, 4) is 0 Å². The zero-order valence-electron chi connectivity index (χ0n) is 15.4. The number of ether oxygens (including phenoxy) is 1. The van der Waals surface area contributed by atoms with E-state index < -0.39 is 37.2 Å². The summed E-state index contributed by atoms with van der Waals surface area (Å²) in [6.45, 7) is 5.81. The van der Waals surface area contributed by atoms with Crippen molar-refractivity contribution in [3.63, 3.8) is 0 Å². The zero-order chi connectivity index (χ0) is 20.4. The van der Waals surface area contributed by atoms with Crippen LogP contribution >= 0.6 is 0 Å². The van der Waals surface area contributed by atoms with Crippen LogP contribution in [0.25, 0.3) is 0 Å². The Morgan fingerprint density at radius 1 is 1.19 bits per heavy atom. The molecule has 3 unspecified atom stereocenters. The molecule has 0 heterocycles. The first-order valence-electron chi connectivity index (χ1n) is 8.73. The third kappa shape index (κ3) is 8.41. The van der Waals surface area contributed by atoms with Crippen LogP contribution in [0, 0.1) is 17.8 Å². The van der Waals surface area contributed by atoms with Crippen LogP contribution in [0.15, 0.2) is 0 Å².